The van der Waals surface area contributed by atoms with Crippen LogP contribution in [0.4, 0.5) is 5.69 Å². The molecule has 0 saturated heterocycles. The predicted octanol–water partition coefficient (Wildman–Crippen LogP) is 2.80. The molecule has 0 spiro atoms. The largest absolute Gasteiger partial charge is 0.380 e. The van der Waals surface area contributed by atoms with Crippen LogP contribution >= 0.6 is 0 Å². The van der Waals surface area contributed by atoms with Crippen LogP contribution in [0, 0.1) is 5.92 Å². The van der Waals surface area contributed by atoms with Gasteiger partial charge in [0, 0.05) is 19.3 Å². The van der Waals surface area contributed by atoms with Crippen LogP contribution in [0.1, 0.15) is 39.0 Å². The van der Waals surface area contributed by atoms with Gasteiger partial charge in [-0.1, -0.05) is 13.3 Å². The average molecular weight is 207 g/mol. The summed E-state index contributed by atoms with van der Waals surface area (Å²) in [6, 6.07) is 0.664. The van der Waals surface area contributed by atoms with Gasteiger partial charge in [-0.2, -0.15) is 5.10 Å². The molecule has 0 amide bonds. The number of nitrogens with zero attached hydrogens (tertiary/aromatic N) is 2. The monoisotopic (exact) mass is 207 g/mol. The van der Waals surface area contributed by atoms with E-state index in [1.54, 1.807) is 0 Å². The van der Waals surface area contributed by atoms with Gasteiger partial charge in [0.2, 0.25) is 0 Å². The first-order chi connectivity index (χ1) is 7.28. The highest BCUT2D eigenvalue weighted by Crippen LogP contribution is 2.28. The molecule has 0 unspecified atom stereocenters. The van der Waals surface area contributed by atoms with Crippen molar-refractivity contribution >= 4 is 5.69 Å². The summed E-state index contributed by atoms with van der Waals surface area (Å²) >= 11 is 0. The van der Waals surface area contributed by atoms with Gasteiger partial charge in [-0.15, -0.1) is 0 Å². The average Bonchev–Trinajstić information content (AvgIpc) is 2.65. The molecule has 3 heteroatoms. The minimum absolute atomic E-state index is 0.664. The van der Waals surface area contributed by atoms with Crippen molar-refractivity contribution in [3.63, 3.8) is 0 Å². The van der Waals surface area contributed by atoms with Gasteiger partial charge in [0.05, 0.1) is 11.9 Å². The van der Waals surface area contributed by atoms with Crippen molar-refractivity contribution < 1.29 is 0 Å². The third-order valence-electron chi connectivity index (χ3n) is 3.50. The molecule has 1 aromatic rings. The number of hydrogen-bond acceptors (Lipinski definition) is 2. The second kappa shape index (κ2) is 4.69. The number of rotatable bonds is 3. The lowest BCUT2D eigenvalue weighted by Crippen LogP contribution is -2.25. The van der Waals surface area contributed by atoms with E-state index in [4.69, 9.17) is 0 Å². The Bertz CT molecular complexity index is 298. The molecule has 0 radical (unpaired) electrons. The van der Waals surface area contributed by atoms with Crippen molar-refractivity contribution in [3.05, 3.63) is 12.4 Å². The van der Waals surface area contributed by atoms with Crippen LogP contribution in [0.25, 0.3) is 0 Å². The first kappa shape index (κ1) is 10.5. The molecule has 1 heterocycles. The number of nitrogens with one attached hydrogen (secondary N) is 1. The number of anilines is 1. The third-order valence-corrected chi connectivity index (χ3v) is 3.50. The quantitative estimate of drug-likeness (QED) is 0.826. The number of aryl methyl sites for hydroxylation is 1. The molecule has 84 valence electrons. The number of hydrogen-bond donors (Lipinski definition) is 1. The molecule has 0 bridgehead atoms. The first-order valence-electron chi connectivity index (χ1n) is 6.03. The first-order valence-corrected chi connectivity index (χ1v) is 6.03. The molecule has 0 atom stereocenters. The lowest BCUT2D eigenvalue weighted by Gasteiger charge is -2.28. The van der Waals surface area contributed by atoms with Gasteiger partial charge in [0.1, 0.15) is 0 Å². The Hall–Kier alpha value is -0.990. The van der Waals surface area contributed by atoms with Crippen molar-refractivity contribution in [3.8, 4) is 0 Å². The third kappa shape index (κ3) is 2.74. The molecular formula is C12H21N3. The van der Waals surface area contributed by atoms with Gasteiger partial charge in [0.25, 0.3) is 0 Å². The molecule has 1 saturated carbocycles. The molecule has 1 aliphatic rings. The smallest absolute Gasteiger partial charge is 0.0728 e. The van der Waals surface area contributed by atoms with Gasteiger partial charge in [-0.3, -0.25) is 4.68 Å². The van der Waals surface area contributed by atoms with Gasteiger partial charge in [-0.25, -0.2) is 0 Å². The normalized spacial score (nSPS) is 26.5. The maximum absolute atomic E-state index is 4.17. The van der Waals surface area contributed by atoms with Crippen molar-refractivity contribution in [2.75, 3.05) is 5.32 Å². The minimum atomic E-state index is 0.664. The van der Waals surface area contributed by atoms with Crippen LogP contribution in [0.2, 0.25) is 0 Å². The van der Waals surface area contributed by atoms with Gasteiger partial charge < -0.3 is 5.32 Å². The molecule has 3 nitrogen and oxygen atoms in total. The fourth-order valence-electron chi connectivity index (χ4n) is 2.45. The van der Waals surface area contributed by atoms with Crippen LogP contribution in [0.5, 0.6) is 0 Å². The summed E-state index contributed by atoms with van der Waals surface area (Å²) in [6.07, 6.45) is 10.7. The van der Waals surface area contributed by atoms with E-state index in [1.807, 2.05) is 24.1 Å². The van der Waals surface area contributed by atoms with Crippen molar-refractivity contribution in [2.45, 2.75) is 45.1 Å². The Balaban J connectivity index is 1.82. The van der Waals surface area contributed by atoms with E-state index in [2.05, 4.69) is 17.3 Å². The lowest BCUT2D eigenvalue weighted by molar-refractivity contribution is 0.330. The Morgan fingerprint density at radius 1 is 1.40 bits per heavy atom. The molecule has 15 heavy (non-hydrogen) atoms. The van der Waals surface area contributed by atoms with Gasteiger partial charge in [-0.05, 0) is 31.6 Å². The second-order valence-corrected chi connectivity index (χ2v) is 4.67. The molecule has 1 aliphatic carbocycles. The fourth-order valence-corrected chi connectivity index (χ4v) is 2.45. The topological polar surface area (TPSA) is 29.9 Å². The van der Waals surface area contributed by atoms with Crippen LogP contribution in [-0.4, -0.2) is 15.8 Å². The van der Waals surface area contributed by atoms with Crippen LogP contribution < -0.4 is 5.32 Å². The summed E-state index contributed by atoms with van der Waals surface area (Å²) in [5.41, 5.74) is 1.16. The summed E-state index contributed by atoms with van der Waals surface area (Å²) in [5.74, 6) is 0.969. The second-order valence-electron chi connectivity index (χ2n) is 4.67. The standard InChI is InChI=1S/C12H21N3/c1-3-10-4-6-11(7-5-10)14-12-8-13-15(2)9-12/h8-11,14H,3-7H2,1-2H3. The fraction of sp³-hybridized carbons (Fsp3) is 0.750. The highest BCUT2D eigenvalue weighted by atomic mass is 15.3. The summed E-state index contributed by atoms with van der Waals surface area (Å²) in [6.45, 7) is 2.31. The van der Waals surface area contributed by atoms with Crippen molar-refractivity contribution in [1.29, 1.82) is 0 Å². The Labute approximate surface area is 91.9 Å². The van der Waals surface area contributed by atoms with Crippen LogP contribution in [0.3, 0.4) is 0 Å². The van der Waals surface area contributed by atoms with Crippen molar-refractivity contribution in [1.82, 2.24) is 9.78 Å². The minimum Gasteiger partial charge on any atom is -0.380 e. The Morgan fingerprint density at radius 3 is 2.67 bits per heavy atom. The SMILES string of the molecule is CCC1CCC(Nc2cnn(C)c2)CC1. The lowest BCUT2D eigenvalue weighted by atomic mass is 9.84. The molecule has 2 rings (SSSR count). The van der Waals surface area contributed by atoms with E-state index < -0.39 is 0 Å². The van der Waals surface area contributed by atoms with E-state index in [0.29, 0.717) is 6.04 Å². The van der Waals surface area contributed by atoms with E-state index >= 15 is 0 Å². The van der Waals surface area contributed by atoms with E-state index in [-0.39, 0.29) is 0 Å². The van der Waals surface area contributed by atoms with E-state index in [0.717, 1.165) is 11.6 Å². The summed E-state index contributed by atoms with van der Waals surface area (Å²) in [7, 11) is 1.96. The Morgan fingerprint density at radius 2 is 2.13 bits per heavy atom. The predicted molar refractivity (Wildman–Crippen MR) is 62.9 cm³/mol. The summed E-state index contributed by atoms with van der Waals surface area (Å²) in [5, 5.41) is 7.73. The maximum atomic E-state index is 4.17. The molecular weight excluding hydrogens is 186 g/mol. The summed E-state index contributed by atoms with van der Waals surface area (Å²) < 4.78 is 1.85. The van der Waals surface area contributed by atoms with E-state index in [1.165, 1.54) is 32.1 Å². The van der Waals surface area contributed by atoms with Crippen LogP contribution in [0.15, 0.2) is 12.4 Å². The zero-order valence-corrected chi connectivity index (χ0v) is 9.74. The molecule has 0 aromatic carbocycles. The van der Waals surface area contributed by atoms with Crippen molar-refractivity contribution in [2.24, 2.45) is 13.0 Å². The molecule has 1 aromatic heterocycles. The molecule has 1 N–H and O–H groups in total. The zero-order valence-electron chi connectivity index (χ0n) is 9.74. The highest BCUT2D eigenvalue weighted by molar-refractivity contribution is 5.39. The van der Waals surface area contributed by atoms with Gasteiger partial charge in [0.15, 0.2) is 0 Å². The van der Waals surface area contributed by atoms with E-state index in [9.17, 15) is 0 Å². The molecule has 1 fully saturated rings. The maximum Gasteiger partial charge on any atom is 0.0728 e. The number of aromatic nitrogens is 2. The van der Waals surface area contributed by atoms with Crippen LogP contribution in [-0.2, 0) is 7.05 Å². The Kier molecular flexibility index (Phi) is 3.29. The summed E-state index contributed by atoms with van der Waals surface area (Å²) in [4.78, 5) is 0. The molecule has 0 aliphatic heterocycles. The highest BCUT2D eigenvalue weighted by Gasteiger charge is 2.19. The van der Waals surface area contributed by atoms with Gasteiger partial charge >= 0.3 is 0 Å². The zero-order chi connectivity index (χ0) is 10.7.